The van der Waals surface area contributed by atoms with Gasteiger partial charge in [0.1, 0.15) is 19.6 Å². The Morgan fingerprint density at radius 1 is 1.00 bits per heavy atom. The van der Waals surface area contributed by atoms with E-state index in [9.17, 15) is 0 Å². The molecule has 0 spiro atoms. The minimum Gasteiger partial charge on any atom is -1.00 e. The number of quaternary nitrogens is 1. The van der Waals surface area contributed by atoms with E-state index in [-0.39, 0.29) is 25.6 Å². The van der Waals surface area contributed by atoms with E-state index in [0.29, 0.717) is 17.6 Å². The molecule has 92 valence electrons. The van der Waals surface area contributed by atoms with Gasteiger partial charge in [-0.05, 0) is 0 Å². The molecule has 0 heterocycles. The third kappa shape index (κ3) is 4.94. The molecule has 0 radical (unpaired) electrons. The predicted octanol–water partition coefficient (Wildman–Crippen LogP) is -2.38. The summed E-state index contributed by atoms with van der Waals surface area (Å²) in [5.41, 5.74) is 1.24. The van der Waals surface area contributed by atoms with Gasteiger partial charge in [0.05, 0.1) is 20.3 Å². The number of likely N-dealkylation sites (N-methyl/N-ethyl adjacent to an activating group) is 1. The van der Waals surface area contributed by atoms with Crippen LogP contribution in [-0.2, 0) is 6.54 Å². The van der Waals surface area contributed by atoms with E-state index in [0.717, 1.165) is 6.54 Å². The fourth-order valence-corrected chi connectivity index (χ4v) is 1.78. The molecule has 16 heavy (non-hydrogen) atoms. The third-order valence-electron chi connectivity index (χ3n) is 2.69. The van der Waals surface area contributed by atoms with Gasteiger partial charge in [-0.3, -0.25) is 0 Å². The summed E-state index contributed by atoms with van der Waals surface area (Å²) in [7, 11) is 2.06. The number of hydrogen-bond donors (Lipinski definition) is 2. The van der Waals surface area contributed by atoms with E-state index < -0.39 is 0 Å². The van der Waals surface area contributed by atoms with Gasteiger partial charge < -0.3 is 27.1 Å². The zero-order chi connectivity index (χ0) is 11.1. The lowest BCUT2D eigenvalue weighted by molar-refractivity contribution is -0.923. The molecule has 4 heteroatoms. The van der Waals surface area contributed by atoms with Crippen molar-refractivity contribution in [1.29, 1.82) is 0 Å². The molecule has 1 aromatic carbocycles. The van der Waals surface area contributed by atoms with Crippen molar-refractivity contribution in [2.24, 2.45) is 0 Å². The van der Waals surface area contributed by atoms with Crippen molar-refractivity contribution in [3.05, 3.63) is 35.9 Å². The van der Waals surface area contributed by atoms with Crippen LogP contribution in [0.2, 0.25) is 0 Å². The van der Waals surface area contributed by atoms with E-state index in [1.165, 1.54) is 5.56 Å². The van der Waals surface area contributed by atoms with Crippen LogP contribution in [0.25, 0.3) is 0 Å². The first-order valence-electron chi connectivity index (χ1n) is 5.29. The average molecular weight is 246 g/mol. The maximum atomic E-state index is 9.01. The molecule has 0 aromatic heterocycles. The minimum atomic E-state index is 0. The Kier molecular flexibility index (Phi) is 7.34. The van der Waals surface area contributed by atoms with Crippen molar-refractivity contribution in [3.8, 4) is 0 Å². The lowest BCUT2D eigenvalue weighted by atomic mass is 10.2. The van der Waals surface area contributed by atoms with E-state index >= 15 is 0 Å². The van der Waals surface area contributed by atoms with Crippen LogP contribution < -0.4 is 12.4 Å². The second-order valence-corrected chi connectivity index (χ2v) is 4.16. The lowest BCUT2D eigenvalue weighted by Crippen LogP contribution is -3.00. The third-order valence-corrected chi connectivity index (χ3v) is 2.69. The van der Waals surface area contributed by atoms with Crippen LogP contribution in [0.1, 0.15) is 5.56 Å². The van der Waals surface area contributed by atoms with Gasteiger partial charge in [-0.1, -0.05) is 30.3 Å². The number of halogens is 1. The molecule has 0 atom stereocenters. The molecule has 0 aliphatic carbocycles. The van der Waals surface area contributed by atoms with Gasteiger partial charge in [0.2, 0.25) is 0 Å². The van der Waals surface area contributed by atoms with Gasteiger partial charge >= 0.3 is 0 Å². The van der Waals surface area contributed by atoms with Crippen molar-refractivity contribution >= 4 is 0 Å². The fraction of sp³-hybridized carbons (Fsp3) is 0.500. The molecule has 0 saturated heterocycles. The molecule has 2 N–H and O–H groups in total. The Balaban J connectivity index is 0.00000225. The van der Waals surface area contributed by atoms with Gasteiger partial charge in [-0.15, -0.1) is 0 Å². The molecular weight excluding hydrogens is 226 g/mol. The smallest absolute Gasteiger partial charge is 0.104 e. The largest absolute Gasteiger partial charge is 1.00 e. The summed E-state index contributed by atoms with van der Waals surface area (Å²) in [6.45, 7) is 2.51. The van der Waals surface area contributed by atoms with Gasteiger partial charge in [-0.25, -0.2) is 0 Å². The Hall–Kier alpha value is -0.610. The molecule has 0 fully saturated rings. The monoisotopic (exact) mass is 245 g/mol. The van der Waals surface area contributed by atoms with Crippen LogP contribution >= 0.6 is 0 Å². The molecule has 1 aromatic rings. The molecule has 0 saturated carbocycles. The Bertz CT molecular complexity index is 274. The molecular formula is C12H20ClNO2. The van der Waals surface area contributed by atoms with Crippen LogP contribution in [-0.4, -0.2) is 48.0 Å². The minimum absolute atomic E-state index is 0. The molecule has 0 bridgehead atoms. The van der Waals surface area contributed by atoms with Crippen LogP contribution in [0, 0.1) is 0 Å². The molecule has 0 aliphatic heterocycles. The van der Waals surface area contributed by atoms with Gasteiger partial charge in [0.25, 0.3) is 0 Å². The summed E-state index contributed by atoms with van der Waals surface area (Å²) in [6, 6.07) is 10.2. The Morgan fingerprint density at radius 2 is 1.50 bits per heavy atom. The fourth-order valence-electron chi connectivity index (χ4n) is 1.78. The normalized spacial score (nSPS) is 10.9. The van der Waals surface area contributed by atoms with Crippen molar-refractivity contribution in [3.63, 3.8) is 0 Å². The second-order valence-electron chi connectivity index (χ2n) is 4.16. The molecule has 3 nitrogen and oxygen atoms in total. The molecule has 0 aliphatic rings. The van der Waals surface area contributed by atoms with Crippen molar-refractivity contribution < 1.29 is 27.1 Å². The summed E-state index contributed by atoms with van der Waals surface area (Å²) in [5, 5.41) is 18.0. The highest BCUT2D eigenvalue weighted by Crippen LogP contribution is 2.10. The maximum Gasteiger partial charge on any atom is 0.104 e. The average Bonchev–Trinajstić information content (AvgIpc) is 2.19. The highest BCUT2D eigenvalue weighted by molar-refractivity contribution is 5.13. The number of benzene rings is 1. The Morgan fingerprint density at radius 3 is 1.94 bits per heavy atom. The zero-order valence-corrected chi connectivity index (χ0v) is 10.4. The maximum absolute atomic E-state index is 9.01. The topological polar surface area (TPSA) is 40.5 Å². The quantitative estimate of drug-likeness (QED) is 0.550. The number of nitrogens with zero attached hydrogens (tertiary/aromatic N) is 1. The van der Waals surface area contributed by atoms with Gasteiger partial charge in [0, 0.05) is 5.56 Å². The van der Waals surface area contributed by atoms with Crippen LogP contribution in [0.15, 0.2) is 30.3 Å². The van der Waals surface area contributed by atoms with Gasteiger partial charge in [0.15, 0.2) is 0 Å². The molecule has 0 amide bonds. The number of aliphatic hydroxyl groups excluding tert-OH is 2. The second kappa shape index (κ2) is 7.63. The van der Waals surface area contributed by atoms with Crippen molar-refractivity contribution in [2.75, 3.05) is 33.4 Å². The molecule has 0 unspecified atom stereocenters. The van der Waals surface area contributed by atoms with Crippen LogP contribution in [0.4, 0.5) is 0 Å². The summed E-state index contributed by atoms with van der Waals surface area (Å²) < 4.78 is 0.678. The van der Waals surface area contributed by atoms with Gasteiger partial charge in [-0.2, -0.15) is 0 Å². The summed E-state index contributed by atoms with van der Waals surface area (Å²) in [5.74, 6) is 0. The summed E-state index contributed by atoms with van der Waals surface area (Å²) in [6.07, 6.45) is 0. The summed E-state index contributed by atoms with van der Waals surface area (Å²) in [4.78, 5) is 0. The Labute approximate surface area is 103 Å². The number of hydrogen-bond acceptors (Lipinski definition) is 2. The highest BCUT2D eigenvalue weighted by atomic mass is 35.5. The number of aliphatic hydroxyl groups is 2. The van der Waals surface area contributed by atoms with E-state index in [1.807, 2.05) is 18.2 Å². The first-order valence-corrected chi connectivity index (χ1v) is 5.29. The zero-order valence-electron chi connectivity index (χ0n) is 9.64. The SMILES string of the molecule is C[N+](CCO)(CCO)Cc1ccccc1.[Cl-]. The number of rotatable bonds is 6. The van der Waals surface area contributed by atoms with Crippen molar-refractivity contribution in [2.45, 2.75) is 6.54 Å². The first-order chi connectivity index (χ1) is 7.20. The predicted molar refractivity (Wildman–Crippen MR) is 60.2 cm³/mol. The van der Waals surface area contributed by atoms with Crippen LogP contribution in [0.3, 0.4) is 0 Å². The lowest BCUT2D eigenvalue weighted by Gasteiger charge is -2.33. The first kappa shape index (κ1) is 15.4. The van der Waals surface area contributed by atoms with E-state index in [4.69, 9.17) is 10.2 Å². The highest BCUT2D eigenvalue weighted by Gasteiger charge is 2.20. The van der Waals surface area contributed by atoms with E-state index in [1.54, 1.807) is 0 Å². The van der Waals surface area contributed by atoms with Crippen molar-refractivity contribution in [1.82, 2.24) is 0 Å². The summed E-state index contributed by atoms with van der Waals surface area (Å²) >= 11 is 0. The molecule has 1 rings (SSSR count). The standard InChI is InChI=1S/C12H20NO2.ClH/c1-13(7-9-14,8-10-15)11-12-5-3-2-4-6-12;/h2-6,14-15H,7-11H2,1H3;1H/q+1;/p-1. The van der Waals surface area contributed by atoms with E-state index in [2.05, 4.69) is 19.2 Å². The van der Waals surface area contributed by atoms with Crippen LogP contribution in [0.5, 0.6) is 0 Å².